The van der Waals surface area contributed by atoms with Gasteiger partial charge in [0.05, 0.1) is 11.4 Å². The molecule has 4 heteroatoms. The molecule has 0 aliphatic heterocycles. The summed E-state index contributed by atoms with van der Waals surface area (Å²) in [6.07, 6.45) is 1.36. The molecule has 1 aromatic rings. The molecule has 0 aliphatic rings. The number of rotatable bonds is 4. The van der Waals surface area contributed by atoms with Gasteiger partial charge in [-0.3, -0.25) is 4.79 Å². The third-order valence-electron chi connectivity index (χ3n) is 2.19. The van der Waals surface area contributed by atoms with Crippen LogP contribution >= 0.6 is 11.6 Å². The topological polar surface area (TPSA) is 32.3 Å². The van der Waals surface area contributed by atoms with Crippen LogP contribution < -0.4 is 10.2 Å². The van der Waals surface area contributed by atoms with Gasteiger partial charge in [0.25, 0.3) is 0 Å². The molecule has 88 valence electrons. The predicted octanol–water partition coefficient (Wildman–Crippen LogP) is 3.14. The van der Waals surface area contributed by atoms with E-state index in [1.807, 2.05) is 38.1 Å². The lowest BCUT2D eigenvalue weighted by Crippen LogP contribution is -2.16. The summed E-state index contributed by atoms with van der Waals surface area (Å²) in [6, 6.07) is 5.47. The quantitative estimate of drug-likeness (QED) is 0.877. The lowest BCUT2D eigenvalue weighted by Gasteiger charge is -2.18. The highest BCUT2D eigenvalue weighted by Gasteiger charge is 2.08. The average Bonchev–Trinajstić information content (AvgIpc) is 2.17. The number of nitrogens with one attached hydrogen (secondary N) is 1. The summed E-state index contributed by atoms with van der Waals surface area (Å²) in [5.74, 6) is 0.0212. The van der Waals surface area contributed by atoms with Crippen molar-refractivity contribution < 1.29 is 4.79 Å². The molecular weight excluding hydrogens is 224 g/mol. The lowest BCUT2D eigenvalue weighted by atomic mass is 10.2. The van der Waals surface area contributed by atoms with Crippen LogP contribution in [0.1, 0.15) is 19.8 Å². The molecule has 16 heavy (non-hydrogen) atoms. The highest BCUT2D eigenvalue weighted by atomic mass is 35.5. The van der Waals surface area contributed by atoms with E-state index in [0.717, 1.165) is 17.8 Å². The average molecular weight is 241 g/mol. The van der Waals surface area contributed by atoms with E-state index in [-0.39, 0.29) is 5.91 Å². The Bertz CT molecular complexity index is 377. The molecule has 1 rings (SSSR count). The lowest BCUT2D eigenvalue weighted by molar-refractivity contribution is -0.116. The summed E-state index contributed by atoms with van der Waals surface area (Å²) in [5.41, 5.74) is 1.71. The highest BCUT2D eigenvalue weighted by molar-refractivity contribution is 6.31. The van der Waals surface area contributed by atoms with Crippen LogP contribution in [0.5, 0.6) is 0 Å². The van der Waals surface area contributed by atoms with Gasteiger partial charge in [-0.2, -0.15) is 0 Å². The van der Waals surface area contributed by atoms with Gasteiger partial charge in [-0.05, 0) is 24.6 Å². The molecule has 0 atom stereocenters. The highest BCUT2D eigenvalue weighted by Crippen LogP contribution is 2.27. The first-order valence-electron chi connectivity index (χ1n) is 5.31. The smallest absolute Gasteiger partial charge is 0.224 e. The van der Waals surface area contributed by atoms with Gasteiger partial charge in [-0.15, -0.1) is 0 Å². The maximum atomic E-state index is 11.5. The van der Waals surface area contributed by atoms with E-state index in [9.17, 15) is 4.79 Å². The Morgan fingerprint density at radius 3 is 2.69 bits per heavy atom. The van der Waals surface area contributed by atoms with E-state index in [0.29, 0.717) is 11.4 Å². The fraction of sp³-hybridized carbons (Fsp3) is 0.417. The zero-order chi connectivity index (χ0) is 12.1. The van der Waals surface area contributed by atoms with Crippen molar-refractivity contribution in [1.82, 2.24) is 0 Å². The van der Waals surface area contributed by atoms with Crippen molar-refractivity contribution >= 4 is 28.9 Å². The number of halogens is 1. The van der Waals surface area contributed by atoms with Gasteiger partial charge >= 0.3 is 0 Å². The summed E-state index contributed by atoms with van der Waals surface area (Å²) < 4.78 is 0. The van der Waals surface area contributed by atoms with Crippen molar-refractivity contribution in [3.05, 3.63) is 23.2 Å². The molecule has 0 spiro atoms. The van der Waals surface area contributed by atoms with E-state index in [1.54, 1.807) is 6.07 Å². The van der Waals surface area contributed by atoms with Gasteiger partial charge in [0.15, 0.2) is 0 Å². The molecule has 0 saturated carbocycles. The van der Waals surface area contributed by atoms with Crippen molar-refractivity contribution in [3.63, 3.8) is 0 Å². The maximum Gasteiger partial charge on any atom is 0.224 e. The van der Waals surface area contributed by atoms with Gasteiger partial charge < -0.3 is 10.2 Å². The number of carbonyl (C=O) groups is 1. The van der Waals surface area contributed by atoms with Crippen LogP contribution in [0.15, 0.2) is 18.2 Å². The molecule has 0 radical (unpaired) electrons. The van der Waals surface area contributed by atoms with E-state index >= 15 is 0 Å². The zero-order valence-corrected chi connectivity index (χ0v) is 10.6. The van der Waals surface area contributed by atoms with Gasteiger partial charge in [-0.1, -0.05) is 18.5 Å². The van der Waals surface area contributed by atoms with Crippen molar-refractivity contribution in [2.24, 2.45) is 0 Å². The van der Waals surface area contributed by atoms with Crippen LogP contribution in [-0.4, -0.2) is 20.0 Å². The Balaban J connectivity index is 2.92. The van der Waals surface area contributed by atoms with E-state index < -0.39 is 0 Å². The third-order valence-corrected chi connectivity index (χ3v) is 2.43. The Kier molecular flexibility index (Phi) is 4.62. The van der Waals surface area contributed by atoms with Gasteiger partial charge in [0, 0.05) is 25.5 Å². The molecule has 0 bridgehead atoms. The van der Waals surface area contributed by atoms with Crippen LogP contribution in [0.3, 0.4) is 0 Å². The minimum atomic E-state index is 0.0212. The molecule has 0 heterocycles. The second-order valence-electron chi connectivity index (χ2n) is 3.85. The number of benzene rings is 1. The second kappa shape index (κ2) is 5.75. The van der Waals surface area contributed by atoms with Gasteiger partial charge in [-0.25, -0.2) is 0 Å². The van der Waals surface area contributed by atoms with Crippen LogP contribution in [0.4, 0.5) is 11.4 Å². The molecule has 0 aromatic heterocycles. The van der Waals surface area contributed by atoms with Crippen molar-refractivity contribution in [2.45, 2.75) is 19.8 Å². The molecule has 0 unspecified atom stereocenters. The first-order chi connectivity index (χ1) is 7.54. The maximum absolute atomic E-state index is 11.5. The Morgan fingerprint density at radius 1 is 1.44 bits per heavy atom. The number of hydrogen-bond donors (Lipinski definition) is 1. The Hall–Kier alpha value is -1.22. The number of amides is 1. The van der Waals surface area contributed by atoms with E-state index in [4.69, 9.17) is 11.6 Å². The summed E-state index contributed by atoms with van der Waals surface area (Å²) in [5, 5.41) is 3.49. The molecule has 0 fully saturated rings. The Labute approximate surface area is 101 Å². The molecule has 0 aliphatic carbocycles. The van der Waals surface area contributed by atoms with Crippen molar-refractivity contribution in [1.29, 1.82) is 0 Å². The minimum absolute atomic E-state index is 0.0212. The van der Waals surface area contributed by atoms with Gasteiger partial charge in [0.1, 0.15) is 0 Å². The fourth-order valence-electron chi connectivity index (χ4n) is 1.44. The molecule has 0 saturated heterocycles. The minimum Gasteiger partial charge on any atom is -0.376 e. The Morgan fingerprint density at radius 2 is 2.12 bits per heavy atom. The summed E-state index contributed by atoms with van der Waals surface area (Å²) in [6.45, 7) is 1.98. The van der Waals surface area contributed by atoms with E-state index in [2.05, 4.69) is 5.32 Å². The molecule has 3 nitrogen and oxygen atoms in total. The van der Waals surface area contributed by atoms with Crippen LogP contribution in [0.2, 0.25) is 5.02 Å². The first-order valence-corrected chi connectivity index (χ1v) is 5.69. The first kappa shape index (κ1) is 12.8. The monoisotopic (exact) mass is 240 g/mol. The number of nitrogens with zero attached hydrogens (tertiary/aromatic N) is 1. The standard InChI is InChI=1S/C12H17ClN2O/c1-4-5-12(16)14-10-8-9(13)6-7-11(10)15(2)3/h6-8H,4-5H2,1-3H3,(H,14,16). The van der Waals surface area contributed by atoms with Crippen LogP contribution in [-0.2, 0) is 4.79 Å². The second-order valence-corrected chi connectivity index (χ2v) is 4.29. The molecule has 1 amide bonds. The van der Waals surface area contributed by atoms with Crippen molar-refractivity contribution in [2.75, 3.05) is 24.3 Å². The summed E-state index contributed by atoms with van der Waals surface area (Å²) in [7, 11) is 3.86. The third kappa shape index (κ3) is 3.42. The van der Waals surface area contributed by atoms with Crippen LogP contribution in [0, 0.1) is 0 Å². The molecular formula is C12H17ClN2O. The normalized spacial score (nSPS) is 10.0. The van der Waals surface area contributed by atoms with Gasteiger partial charge in [0.2, 0.25) is 5.91 Å². The number of anilines is 2. The zero-order valence-electron chi connectivity index (χ0n) is 9.88. The SMILES string of the molecule is CCCC(=O)Nc1cc(Cl)ccc1N(C)C. The number of carbonyl (C=O) groups excluding carboxylic acids is 1. The summed E-state index contributed by atoms with van der Waals surface area (Å²) in [4.78, 5) is 13.5. The predicted molar refractivity (Wildman–Crippen MR) is 69.3 cm³/mol. The molecule has 1 N–H and O–H groups in total. The molecule has 1 aromatic carbocycles. The van der Waals surface area contributed by atoms with Crippen LogP contribution in [0.25, 0.3) is 0 Å². The summed E-state index contributed by atoms with van der Waals surface area (Å²) >= 11 is 5.91. The van der Waals surface area contributed by atoms with E-state index in [1.165, 1.54) is 0 Å². The van der Waals surface area contributed by atoms with Crippen molar-refractivity contribution in [3.8, 4) is 0 Å². The largest absolute Gasteiger partial charge is 0.376 e. The fourth-order valence-corrected chi connectivity index (χ4v) is 1.61. The number of hydrogen-bond acceptors (Lipinski definition) is 2.